The summed E-state index contributed by atoms with van der Waals surface area (Å²) in [4.78, 5) is 2.68. The first-order valence-corrected chi connectivity index (χ1v) is 7.29. The molecule has 3 nitrogen and oxygen atoms in total. The van der Waals surface area contributed by atoms with Gasteiger partial charge in [0, 0.05) is 32.3 Å². The van der Waals surface area contributed by atoms with Crippen LogP contribution in [0.15, 0.2) is 0 Å². The average molecular weight is 240 g/mol. The number of methoxy groups -OCH3 is 1. The van der Waals surface area contributed by atoms with Crippen molar-refractivity contribution in [2.75, 3.05) is 33.4 Å². The van der Waals surface area contributed by atoms with Gasteiger partial charge in [-0.15, -0.1) is 0 Å². The van der Waals surface area contributed by atoms with Crippen LogP contribution in [0, 0.1) is 5.92 Å². The van der Waals surface area contributed by atoms with Crippen molar-refractivity contribution in [3.63, 3.8) is 0 Å². The molecule has 0 aromatic heterocycles. The maximum atomic E-state index is 5.31. The van der Waals surface area contributed by atoms with Crippen molar-refractivity contribution in [3.05, 3.63) is 0 Å². The smallest absolute Gasteiger partial charge is 0.0502 e. The summed E-state index contributed by atoms with van der Waals surface area (Å²) in [6.45, 7) is 6.95. The number of likely N-dealkylation sites (tertiary alicyclic amines) is 1. The van der Waals surface area contributed by atoms with Crippen LogP contribution in [0.1, 0.15) is 39.0 Å². The number of ether oxygens (including phenoxy) is 1. The molecule has 100 valence electrons. The zero-order valence-corrected chi connectivity index (χ0v) is 11.5. The highest BCUT2D eigenvalue weighted by molar-refractivity contribution is 4.85. The maximum absolute atomic E-state index is 5.31. The molecule has 0 spiro atoms. The van der Waals surface area contributed by atoms with Crippen LogP contribution in [-0.2, 0) is 4.74 Å². The Labute approximate surface area is 106 Å². The van der Waals surface area contributed by atoms with E-state index in [1.54, 1.807) is 0 Å². The first kappa shape index (κ1) is 13.3. The van der Waals surface area contributed by atoms with E-state index in [4.69, 9.17) is 4.74 Å². The molecule has 2 fully saturated rings. The zero-order chi connectivity index (χ0) is 12.1. The van der Waals surface area contributed by atoms with Crippen LogP contribution in [0.2, 0.25) is 0 Å². The number of hydrogen-bond donors (Lipinski definition) is 1. The Kier molecular flexibility index (Phi) is 5.26. The number of hydrogen-bond acceptors (Lipinski definition) is 3. The number of rotatable bonds is 7. The molecule has 3 heteroatoms. The highest BCUT2D eigenvalue weighted by Gasteiger charge is 2.27. The molecule has 17 heavy (non-hydrogen) atoms. The molecular formula is C14H28N2O. The van der Waals surface area contributed by atoms with Crippen molar-refractivity contribution in [3.8, 4) is 0 Å². The van der Waals surface area contributed by atoms with Crippen LogP contribution in [0.25, 0.3) is 0 Å². The van der Waals surface area contributed by atoms with E-state index in [0.717, 1.165) is 24.6 Å². The third-order valence-corrected chi connectivity index (χ3v) is 4.16. The Morgan fingerprint density at radius 1 is 1.35 bits per heavy atom. The van der Waals surface area contributed by atoms with Gasteiger partial charge in [0.15, 0.2) is 0 Å². The molecule has 1 saturated heterocycles. The van der Waals surface area contributed by atoms with Gasteiger partial charge in [0.2, 0.25) is 0 Å². The van der Waals surface area contributed by atoms with Crippen LogP contribution in [0.3, 0.4) is 0 Å². The highest BCUT2D eigenvalue weighted by Crippen LogP contribution is 2.22. The predicted molar refractivity (Wildman–Crippen MR) is 71.3 cm³/mol. The molecule has 2 rings (SSSR count). The van der Waals surface area contributed by atoms with Gasteiger partial charge in [-0.3, -0.25) is 4.90 Å². The summed E-state index contributed by atoms with van der Waals surface area (Å²) in [5.41, 5.74) is 0. The quantitative estimate of drug-likeness (QED) is 0.735. The summed E-state index contributed by atoms with van der Waals surface area (Å²) in [5, 5.41) is 3.68. The lowest BCUT2D eigenvalue weighted by Crippen LogP contribution is -2.48. The van der Waals surface area contributed by atoms with E-state index in [2.05, 4.69) is 17.1 Å². The van der Waals surface area contributed by atoms with Crippen LogP contribution in [0.4, 0.5) is 0 Å². The molecule has 0 bridgehead atoms. The summed E-state index contributed by atoms with van der Waals surface area (Å²) in [6, 6.07) is 1.57. The summed E-state index contributed by atoms with van der Waals surface area (Å²) < 4.78 is 5.31. The zero-order valence-electron chi connectivity index (χ0n) is 11.5. The van der Waals surface area contributed by atoms with Crippen LogP contribution >= 0.6 is 0 Å². The fourth-order valence-corrected chi connectivity index (χ4v) is 2.92. The molecule has 1 heterocycles. The van der Waals surface area contributed by atoms with Gasteiger partial charge in [0.25, 0.3) is 0 Å². The molecule has 1 aliphatic heterocycles. The molecule has 0 amide bonds. The van der Waals surface area contributed by atoms with Gasteiger partial charge in [-0.1, -0.05) is 6.92 Å². The fourth-order valence-electron chi connectivity index (χ4n) is 2.92. The van der Waals surface area contributed by atoms with Gasteiger partial charge >= 0.3 is 0 Å². The van der Waals surface area contributed by atoms with E-state index in [1.807, 2.05) is 7.11 Å². The van der Waals surface area contributed by atoms with Crippen LogP contribution < -0.4 is 5.32 Å². The molecule has 2 unspecified atom stereocenters. The van der Waals surface area contributed by atoms with Crippen LogP contribution in [-0.4, -0.2) is 50.3 Å². The van der Waals surface area contributed by atoms with E-state index in [-0.39, 0.29) is 0 Å². The molecule has 0 radical (unpaired) electrons. The largest absolute Gasteiger partial charge is 0.384 e. The molecule has 2 atom stereocenters. The average Bonchev–Trinajstić information content (AvgIpc) is 3.15. The number of nitrogens with zero attached hydrogens (tertiary/aromatic N) is 1. The summed E-state index contributed by atoms with van der Waals surface area (Å²) in [7, 11) is 1.82. The Bertz CT molecular complexity index is 216. The normalized spacial score (nSPS) is 28.2. The van der Waals surface area contributed by atoms with Crippen molar-refractivity contribution in [1.82, 2.24) is 10.2 Å². The molecule has 0 aromatic rings. The SMILES string of the molecule is CCC(CNC1CC1)N1CCCC(COC)C1. The Morgan fingerprint density at radius 3 is 2.82 bits per heavy atom. The van der Waals surface area contributed by atoms with Crippen molar-refractivity contribution in [1.29, 1.82) is 0 Å². The van der Waals surface area contributed by atoms with Gasteiger partial charge in [-0.2, -0.15) is 0 Å². The van der Waals surface area contributed by atoms with Gasteiger partial charge in [-0.05, 0) is 44.6 Å². The van der Waals surface area contributed by atoms with Gasteiger partial charge < -0.3 is 10.1 Å². The molecule has 2 aliphatic rings. The monoisotopic (exact) mass is 240 g/mol. The first-order valence-electron chi connectivity index (χ1n) is 7.29. The standard InChI is InChI=1S/C14H28N2O/c1-3-14(9-15-13-6-7-13)16-8-4-5-12(10-16)11-17-2/h12-15H,3-11H2,1-2H3. The van der Waals surface area contributed by atoms with Crippen molar-refractivity contribution in [2.24, 2.45) is 5.92 Å². The van der Waals surface area contributed by atoms with E-state index in [0.29, 0.717) is 0 Å². The van der Waals surface area contributed by atoms with E-state index < -0.39 is 0 Å². The van der Waals surface area contributed by atoms with Crippen molar-refractivity contribution < 1.29 is 4.74 Å². The lowest BCUT2D eigenvalue weighted by Gasteiger charge is -2.38. The predicted octanol–water partition coefficient (Wildman–Crippen LogP) is 1.88. The summed E-state index contributed by atoms with van der Waals surface area (Å²) in [6.07, 6.45) is 6.73. The van der Waals surface area contributed by atoms with Gasteiger partial charge in [-0.25, -0.2) is 0 Å². The van der Waals surface area contributed by atoms with Crippen LogP contribution in [0.5, 0.6) is 0 Å². The molecule has 0 aromatic carbocycles. The lowest BCUT2D eigenvalue weighted by molar-refractivity contribution is 0.0665. The van der Waals surface area contributed by atoms with Crippen molar-refractivity contribution in [2.45, 2.75) is 51.1 Å². The van der Waals surface area contributed by atoms with E-state index in [9.17, 15) is 0 Å². The topological polar surface area (TPSA) is 24.5 Å². The third kappa shape index (κ3) is 4.23. The number of nitrogens with one attached hydrogen (secondary N) is 1. The second-order valence-electron chi connectivity index (χ2n) is 5.70. The second kappa shape index (κ2) is 6.72. The Balaban J connectivity index is 1.75. The molecule has 1 N–H and O–H groups in total. The second-order valence-corrected chi connectivity index (χ2v) is 5.70. The van der Waals surface area contributed by atoms with Crippen molar-refractivity contribution >= 4 is 0 Å². The first-order chi connectivity index (χ1) is 8.33. The summed E-state index contributed by atoms with van der Waals surface area (Å²) in [5.74, 6) is 0.753. The third-order valence-electron chi connectivity index (χ3n) is 4.16. The summed E-state index contributed by atoms with van der Waals surface area (Å²) >= 11 is 0. The Morgan fingerprint density at radius 2 is 2.18 bits per heavy atom. The minimum Gasteiger partial charge on any atom is -0.384 e. The maximum Gasteiger partial charge on any atom is 0.0502 e. The fraction of sp³-hybridized carbons (Fsp3) is 1.00. The van der Waals surface area contributed by atoms with Gasteiger partial charge in [0.1, 0.15) is 0 Å². The Hall–Kier alpha value is -0.120. The minimum absolute atomic E-state index is 0.732. The molecular weight excluding hydrogens is 212 g/mol. The highest BCUT2D eigenvalue weighted by atomic mass is 16.5. The molecule has 1 saturated carbocycles. The van der Waals surface area contributed by atoms with E-state index >= 15 is 0 Å². The van der Waals surface area contributed by atoms with E-state index in [1.165, 1.54) is 51.7 Å². The van der Waals surface area contributed by atoms with Gasteiger partial charge in [0.05, 0.1) is 6.61 Å². The lowest BCUT2D eigenvalue weighted by atomic mass is 9.97. The molecule has 1 aliphatic carbocycles. The number of piperidine rings is 1. The minimum atomic E-state index is 0.732.